The summed E-state index contributed by atoms with van der Waals surface area (Å²) >= 11 is 0. The fourth-order valence-electron chi connectivity index (χ4n) is 2.49. The highest BCUT2D eigenvalue weighted by Gasteiger charge is 2.14. The molecule has 1 amide bonds. The topological polar surface area (TPSA) is 64.4 Å². The number of ether oxygens (including phenoxy) is 1. The highest BCUT2D eigenvalue weighted by atomic mass is 16.5. The van der Waals surface area contributed by atoms with Gasteiger partial charge in [0.2, 0.25) is 5.91 Å². The van der Waals surface area contributed by atoms with Gasteiger partial charge in [0.1, 0.15) is 0 Å². The average molecular weight is 270 g/mol. The molecule has 0 aromatic rings. The molecule has 0 heterocycles. The Kier molecular flexibility index (Phi) is 8.84. The second kappa shape index (κ2) is 10.2. The first-order valence-corrected chi connectivity index (χ1v) is 7.83. The molecule has 1 aliphatic rings. The fraction of sp³-hybridized carbons (Fsp3) is 0.933. The van der Waals surface area contributed by atoms with Gasteiger partial charge in [0.15, 0.2) is 0 Å². The van der Waals surface area contributed by atoms with E-state index in [2.05, 4.69) is 5.32 Å². The van der Waals surface area contributed by atoms with E-state index in [1.807, 2.05) is 6.92 Å². The van der Waals surface area contributed by atoms with Gasteiger partial charge in [-0.05, 0) is 38.6 Å². The van der Waals surface area contributed by atoms with Crippen LogP contribution in [0.1, 0.15) is 58.3 Å². The van der Waals surface area contributed by atoms with Gasteiger partial charge in [0, 0.05) is 19.1 Å². The summed E-state index contributed by atoms with van der Waals surface area (Å²) in [5.74, 6) is 0.217. The number of carbonyl (C=O) groups is 1. The summed E-state index contributed by atoms with van der Waals surface area (Å²) in [7, 11) is 0. The summed E-state index contributed by atoms with van der Waals surface area (Å²) in [4.78, 5) is 11.7. The first kappa shape index (κ1) is 16.4. The highest BCUT2D eigenvalue weighted by Crippen LogP contribution is 2.20. The van der Waals surface area contributed by atoms with E-state index in [0.717, 1.165) is 32.4 Å². The van der Waals surface area contributed by atoms with Crippen molar-refractivity contribution in [2.45, 2.75) is 64.4 Å². The van der Waals surface area contributed by atoms with Crippen LogP contribution in [0, 0.1) is 5.92 Å². The Morgan fingerprint density at radius 1 is 1.32 bits per heavy atom. The maximum absolute atomic E-state index is 11.7. The predicted octanol–water partition coefficient (Wildman–Crippen LogP) is 2.22. The minimum atomic E-state index is 0.0720. The molecule has 1 saturated carbocycles. The molecule has 112 valence electrons. The highest BCUT2D eigenvalue weighted by molar-refractivity contribution is 5.78. The molecule has 0 aliphatic heterocycles. The van der Waals surface area contributed by atoms with Gasteiger partial charge in [-0.3, -0.25) is 4.79 Å². The van der Waals surface area contributed by atoms with Gasteiger partial charge in [-0.15, -0.1) is 0 Å². The van der Waals surface area contributed by atoms with Crippen molar-refractivity contribution in [3.63, 3.8) is 0 Å². The SMILES string of the molecule is CC(CCCN)C(=O)NCCCOC1CCCCC1. The molecule has 0 aromatic heterocycles. The lowest BCUT2D eigenvalue weighted by atomic mass is 9.98. The minimum Gasteiger partial charge on any atom is -0.378 e. The van der Waals surface area contributed by atoms with Crippen molar-refractivity contribution in [1.29, 1.82) is 0 Å². The summed E-state index contributed by atoms with van der Waals surface area (Å²) in [5, 5.41) is 2.97. The Morgan fingerprint density at radius 3 is 2.74 bits per heavy atom. The van der Waals surface area contributed by atoms with Crippen LogP contribution >= 0.6 is 0 Å². The summed E-state index contributed by atoms with van der Waals surface area (Å²) in [6, 6.07) is 0. The summed E-state index contributed by atoms with van der Waals surface area (Å²) < 4.78 is 5.82. The molecule has 19 heavy (non-hydrogen) atoms. The summed E-state index contributed by atoms with van der Waals surface area (Å²) in [6.07, 6.45) is 9.56. The lowest BCUT2D eigenvalue weighted by Gasteiger charge is -2.22. The maximum atomic E-state index is 11.7. The Bertz CT molecular complexity index is 240. The van der Waals surface area contributed by atoms with Crippen molar-refractivity contribution in [2.24, 2.45) is 11.7 Å². The lowest BCUT2D eigenvalue weighted by molar-refractivity contribution is -0.124. The Balaban J connectivity index is 1.95. The monoisotopic (exact) mass is 270 g/mol. The lowest BCUT2D eigenvalue weighted by Crippen LogP contribution is -2.31. The minimum absolute atomic E-state index is 0.0720. The zero-order chi connectivity index (χ0) is 13.9. The van der Waals surface area contributed by atoms with E-state index < -0.39 is 0 Å². The molecule has 0 aromatic carbocycles. The fourth-order valence-corrected chi connectivity index (χ4v) is 2.49. The molecule has 0 radical (unpaired) electrons. The quantitative estimate of drug-likeness (QED) is 0.631. The van der Waals surface area contributed by atoms with Crippen LogP contribution in [0.5, 0.6) is 0 Å². The number of hydrogen-bond acceptors (Lipinski definition) is 3. The van der Waals surface area contributed by atoms with Gasteiger partial charge >= 0.3 is 0 Å². The van der Waals surface area contributed by atoms with Crippen molar-refractivity contribution in [2.75, 3.05) is 19.7 Å². The van der Waals surface area contributed by atoms with Gasteiger partial charge < -0.3 is 15.8 Å². The number of carbonyl (C=O) groups excluding carboxylic acids is 1. The zero-order valence-electron chi connectivity index (χ0n) is 12.3. The molecule has 1 atom stereocenters. The molecule has 4 nitrogen and oxygen atoms in total. The molecule has 4 heteroatoms. The van der Waals surface area contributed by atoms with Crippen LogP contribution in [0.15, 0.2) is 0 Å². The third kappa shape index (κ3) is 7.53. The normalized spacial score (nSPS) is 18.2. The van der Waals surface area contributed by atoms with Crippen LogP contribution in [0.3, 0.4) is 0 Å². The van der Waals surface area contributed by atoms with E-state index in [9.17, 15) is 4.79 Å². The van der Waals surface area contributed by atoms with Gasteiger partial charge in [-0.1, -0.05) is 26.2 Å². The second-order valence-corrected chi connectivity index (χ2v) is 5.61. The van der Waals surface area contributed by atoms with Crippen LogP contribution in [0.4, 0.5) is 0 Å². The number of hydrogen-bond donors (Lipinski definition) is 2. The Hall–Kier alpha value is -0.610. The molecular formula is C15H30N2O2. The Labute approximate surface area is 117 Å². The summed E-state index contributed by atoms with van der Waals surface area (Å²) in [5.41, 5.74) is 5.44. The molecule has 3 N–H and O–H groups in total. The van der Waals surface area contributed by atoms with Crippen LogP contribution < -0.4 is 11.1 Å². The van der Waals surface area contributed by atoms with Crippen molar-refractivity contribution in [1.82, 2.24) is 5.32 Å². The molecule has 0 bridgehead atoms. The molecular weight excluding hydrogens is 240 g/mol. The first-order valence-electron chi connectivity index (χ1n) is 7.83. The van der Waals surface area contributed by atoms with Crippen molar-refractivity contribution in [3.8, 4) is 0 Å². The van der Waals surface area contributed by atoms with E-state index in [1.54, 1.807) is 0 Å². The third-order valence-corrected chi connectivity index (χ3v) is 3.81. The van der Waals surface area contributed by atoms with E-state index >= 15 is 0 Å². The van der Waals surface area contributed by atoms with Crippen LogP contribution in [0.25, 0.3) is 0 Å². The number of amides is 1. The maximum Gasteiger partial charge on any atom is 0.222 e. The van der Waals surface area contributed by atoms with Gasteiger partial charge in [-0.25, -0.2) is 0 Å². The van der Waals surface area contributed by atoms with Crippen LogP contribution in [-0.2, 0) is 9.53 Å². The van der Waals surface area contributed by atoms with E-state index in [1.165, 1.54) is 32.1 Å². The Morgan fingerprint density at radius 2 is 2.05 bits per heavy atom. The van der Waals surface area contributed by atoms with Gasteiger partial charge in [0.25, 0.3) is 0 Å². The van der Waals surface area contributed by atoms with Gasteiger partial charge in [0.05, 0.1) is 6.10 Å². The standard InChI is InChI=1S/C15H30N2O2/c1-13(7-5-10-16)15(18)17-11-6-12-19-14-8-3-2-4-9-14/h13-14H,2-12,16H2,1H3,(H,17,18). The van der Waals surface area contributed by atoms with Crippen molar-refractivity contribution in [3.05, 3.63) is 0 Å². The number of nitrogens with one attached hydrogen (secondary N) is 1. The first-order chi connectivity index (χ1) is 9.24. The molecule has 1 aliphatic carbocycles. The third-order valence-electron chi connectivity index (χ3n) is 3.81. The smallest absolute Gasteiger partial charge is 0.222 e. The second-order valence-electron chi connectivity index (χ2n) is 5.61. The van der Waals surface area contributed by atoms with E-state index in [0.29, 0.717) is 12.6 Å². The largest absolute Gasteiger partial charge is 0.378 e. The molecule has 1 fully saturated rings. The van der Waals surface area contributed by atoms with Gasteiger partial charge in [-0.2, -0.15) is 0 Å². The number of rotatable bonds is 9. The molecule has 0 spiro atoms. The van der Waals surface area contributed by atoms with E-state index in [4.69, 9.17) is 10.5 Å². The molecule has 1 unspecified atom stereocenters. The predicted molar refractivity (Wildman–Crippen MR) is 77.9 cm³/mol. The average Bonchev–Trinajstić information content (AvgIpc) is 2.45. The van der Waals surface area contributed by atoms with E-state index in [-0.39, 0.29) is 11.8 Å². The molecule has 1 rings (SSSR count). The number of nitrogens with two attached hydrogens (primary N) is 1. The van der Waals surface area contributed by atoms with Crippen LogP contribution in [0.2, 0.25) is 0 Å². The van der Waals surface area contributed by atoms with Crippen molar-refractivity contribution >= 4 is 5.91 Å². The van der Waals surface area contributed by atoms with Crippen LogP contribution in [-0.4, -0.2) is 31.7 Å². The van der Waals surface area contributed by atoms with Crippen molar-refractivity contribution < 1.29 is 9.53 Å². The molecule has 0 saturated heterocycles. The summed E-state index contributed by atoms with van der Waals surface area (Å²) in [6.45, 7) is 4.11. The zero-order valence-corrected chi connectivity index (χ0v) is 12.3.